The van der Waals surface area contributed by atoms with E-state index in [9.17, 15) is 0 Å². The topological polar surface area (TPSA) is 28.7 Å². The predicted molar refractivity (Wildman–Crippen MR) is 92.8 cm³/mol. The Morgan fingerprint density at radius 1 is 1.10 bits per heavy atom. The molecular weight excluding hydrogens is 324 g/mol. The molecule has 0 saturated heterocycles. The summed E-state index contributed by atoms with van der Waals surface area (Å²) in [4.78, 5) is 8.03. The fourth-order valence-electron chi connectivity index (χ4n) is 2.69. The number of halogens is 1. The van der Waals surface area contributed by atoms with Crippen LogP contribution in [-0.2, 0) is 0 Å². The number of aromatic nitrogens is 2. The lowest BCUT2D eigenvalue weighted by atomic mass is 10.0. The monoisotopic (exact) mass is 342 g/mol. The van der Waals surface area contributed by atoms with Crippen LogP contribution in [0.4, 0.5) is 0 Å². The second-order valence-corrected chi connectivity index (χ2v) is 6.77. The fourth-order valence-corrected chi connectivity index (χ4v) is 3.30. The van der Waals surface area contributed by atoms with Crippen LogP contribution in [0.1, 0.15) is 36.6 Å². The van der Waals surface area contributed by atoms with Gasteiger partial charge in [-0.05, 0) is 49.1 Å². The summed E-state index contributed by atoms with van der Waals surface area (Å²) in [5, 5.41) is 1.19. The summed E-state index contributed by atoms with van der Waals surface area (Å²) in [5.41, 5.74) is 6.88. The predicted octanol–water partition coefficient (Wildman–Crippen LogP) is 5.73. The molecule has 0 radical (unpaired) electrons. The average molecular weight is 343 g/mol. The molecule has 0 unspecified atom stereocenters. The van der Waals surface area contributed by atoms with Crippen molar-refractivity contribution in [1.82, 2.24) is 9.97 Å². The standard InChI is InChI=1S/C18H19BrN2/c1-10(2)13-5-6-14(16(19)8-13)17-9-15-11(3)7-12(4)20-18(15)21-17/h5-10H,1-4H3,(H,20,21). The number of nitrogens with zero attached hydrogens (tertiary/aromatic N) is 1. The molecule has 2 nitrogen and oxygen atoms in total. The van der Waals surface area contributed by atoms with Gasteiger partial charge in [-0.2, -0.15) is 0 Å². The average Bonchev–Trinajstić information content (AvgIpc) is 2.82. The Bertz CT molecular complexity index is 815. The Morgan fingerprint density at radius 2 is 1.86 bits per heavy atom. The molecule has 21 heavy (non-hydrogen) atoms. The van der Waals surface area contributed by atoms with E-state index in [0.29, 0.717) is 5.92 Å². The van der Waals surface area contributed by atoms with E-state index < -0.39 is 0 Å². The summed E-state index contributed by atoms with van der Waals surface area (Å²) in [6.07, 6.45) is 0. The van der Waals surface area contributed by atoms with Gasteiger partial charge >= 0.3 is 0 Å². The zero-order valence-electron chi connectivity index (χ0n) is 12.8. The van der Waals surface area contributed by atoms with E-state index >= 15 is 0 Å². The van der Waals surface area contributed by atoms with Crippen molar-refractivity contribution in [1.29, 1.82) is 0 Å². The molecule has 3 rings (SSSR count). The van der Waals surface area contributed by atoms with Gasteiger partial charge in [0.1, 0.15) is 5.65 Å². The highest BCUT2D eigenvalue weighted by Gasteiger charge is 2.11. The highest BCUT2D eigenvalue weighted by Crippen LogP contribution is 2.33. The van der Waals surface area contributed by atoms with Gasteiger partial charge in [-0.25, -0.2) is 4.98 Å². The largest absolute Gasteiger partial charge is 0.339 e. The van der Waals surface area contributed by atoms with Crippen molar-refractivity contribution in [3.05, 3.63) is 51.6 Å². The molecule has 0 spiro atoms. The molecule has 2 heterocycles. The summed E-state index contributed by atoms with van der Waals surface area (Å²) < 4.78 is 1.12. The first-order chi connectivity index (χ1) is 9.95. The summed E-state index contributed by atoms with van der Waals surface area (Å²) in [6.45, 7) is 8.58. The van der Waals surface area contributed by atoms with Crippen LogP contribution in [-0.4, -0.2) is 9.97 Å². The van der Waals surface area contributed by atoms with Crippen molar-refractivity contribution in [3.8, 4) is 11.3 Å². The number of benzene rings is 1. The van der Waals surface area contributed by atoms with Gasteiger partial charge in [-0.1, -0.05) is 41.9 Å². The number of hydrogen-bond acceptors (Lipinski definition) is 1. The molecule has 0 aliphatic carbocycles. The van der Waals surface area contributed by atoms with Crippen LogP contribution in [0.15, 0.2) is 34.8 Å². The van der Waals surface area contributed by atoms with Gasteiger partial charge in [0.2, 0.25) is 0 Å². The molecule has 2 aromatic heterocycles. The molecule has 0 atom stereocenters. The van der Waals surface area contributed by atoms with Gasteiger partial charge in [-0.3, -0.25) is 0 Å². The van der Waals surface area contributed by atoms with E-state index in [-0.39, 0.29) is 0 Å². The first kappa shape index (κ1) is 14.3. The molecule has 3 heteroatoms. The van der Waals surface area contributed by atoms with Crippen molar-refractivity contribution in [2.24, 2.45) is 0 Å². The minimum absolute atomic E-state index is 0.532. The minimum atomic E-state index is 0.532. The van der Waals surface area contributed by atoms with E-state index in [2.05, 4.69) is 77.0 Å². The summed E-state index contributed by atoms with van der Waals surface area (Å²) >= 11 is 3.70. The first-order valence-electron chi connectivity index (χ1n) is 7.22. The lowest BCUT2D eigenvalue weighted by Gasteiger charge is -2.08. The van der Waals surface area contributed by atoms with Crippen LogP contribution < -0.4 is 0 Å². The lowest BCUT2D eigenvalue weighted by molar-refractivity contribution is 0.866. The Hall–Kier alpha value is -1.61. The van der Waals surface area contributed by atoms with E-state index in [1.807, 2.05) is 6.92 Å². The van der Waals surface area contributed by atoms with E-state index in [1.54, 1.807) is 0 Å². The summed E-state index contributed by atoms with van der Waals surface area (Å²) in [6, 6.07) is 10.9. The normalized spacial score (nSPS) is 11.5. The van der Waals surface area contributed by atoms with Gasteiger partial charge in [0.25, 0.3) is 0 Å². The third-order valence-electron chi connectivity index (χ3n) is 3.89. The zero-order chi connectivity index (χ0) is 15.1. The van der Waals surface area contributed by atoms with Crippen molar-refractivity contribution >= 4 is 27.0 Å². The number of aryl methyl sites for hydroxylation is 2. The van der Waals surface area contributed by atoms with Crippen molar-refractivity contribution < 1.29 is 0 Å². The van der Waals surface area contributed by atoms with E-state index in [4.69, 9.17) is 0 Å². The van der Waals surface area contributed by atoms with E-state index in [0.717, 1.165) is 21.5 Å². The van der Waals surface area contributed by atoms with Crippen LogP contribution >= 0.6 is 15.9 Å². The van der Waals surface area contributed by atoms with Gasteiger partial charge in [0, 0.05) is 26.8 Å². The quantitative estimate of drug-likeness (QED) is 0.632. The molecule has 0 aliphatic rings. The number of H-pyrrole nitrogens is 1. The molecular formula is C18H19BrN2. The van der Waals surface area contributed by atoms with Crippen LogP contribution in [0, 0.1) is 13.8 Å². The minimum Gasteiger partial charge on any atom is -0.339 e. The Labute approximate surface area is 133 Å². The van der Waals surface area contributed by atoms with Gasteiger partial charge in [-0.15, -0.1) is 0 Å². The third-order valence-corrected chi connectivity index (χ3v) is 4.54. The zero-order valence-corrected chi connectivity index (χ0v) is 14.4. The lowest BCUT2D eigenvalue weighted by Crippen LogP contribution is -1.89. The van der Waals surface area contributed by atoms with Gasteiger partial charge < -0.3 is 4.98 Å². The Morgan fingerprint density at radius 3 is 2.52 bits per heavy atom. The highest BCUT2D eigenvalue weighted by molar-refractivity contribution is 9.10. The summed E-state index contributed by atoms with van der Waals surface area (Å²) in [7, 11) is 0. The molecule has 0 bridgehead atoms. The van der Waals surface area contributed by atoms with Crippen LogP contribution in [0.25, 0.3) is 22.3 Å². The van der Waals surface area contributed by atoms with Crippen molar-refractivity contribution in [2.75, 3.05) is 0 Å². The summed E-state index contributed by atoms with van der Waals surface area (Å²) in [5.74, 6) is 0.532. The van der Waals surface area contributed by atoms with Gasteiger partial charge in [0.05, 0.1) is 0 Å². The Balaban J connectivity index is 2.14. The van der Waals surface area contributed by atoms with Crippen molar-refractivity contribution in [2.45, 2.75) is 33.6 Å². The SMILES string of the molecule is Cc1cc(C)c2cc(-c3ccc(C(C)C)cc3Br)[nH]c2n1. The maximum absolute atomic E-state index is 4.59. The number of hydrogen-bond donors (Lipinski definition) is 1. The van der Waals surface area contributed by atoms with Crippen LogP contribution in [0.5, 0.6) is 0 Å². The van der Waals surface area contributed by atoms with Crippen molar-refractivity contribution in [3.63, 3.8) is 0 Å². The van der Waals surface area contributed by atoms with Crippen LogP contribution in [0.2, 0.25) is 0 Å². The number of fused-ring (bicyclic) bond motifs is 1. The van der Waals surface area contributed by atoms with E-state index in [1.165, 1.54) is 22.1 Å². The number of pyridine rings is 1. The molecule has 1 N–H and O–H groups in total. The molecule has 1 aromatic carbocycles. The molecule has 0 amide bonds. The maximum atomic E-state index is 4.59. The smallest absolute Gasteiger partial charge is 0.138 e. The fraction of sp³-hybridized carbons (Fsp3) is 0.278. The molecule has 0 aliphatic heterocycles. The first-order valence-corrected chi connectivity index (χ1v) is 8.02. The second kappa shape index (κ2) is 5.30. The number of rotatable bonds is 2. The molecule has 108 valence electrons. The number of nitrogens with one attached hydrogen (secondary N) is 1. The van der Waals surface area contributed by atoms with Gasteiger partial charge in [0.15, 0.2) is 0 Å². The Kier molecular flexibility index (Phi) is 3.62. The molecule has 0 saturated carbocycles. The van der Waals surface area contributed by atoms with Crippen LogP contribution in [0.3, 0.4) is 0 Å². The maximum Gasteiger partial charge on any atom is 0.138 e. The highest BCUT2D eigenvalue weighted by atomic mass is 79.9. The molecule has 0 fully saturated rings. The third kappa shape index (κ3) is 2.62. The second-order valence-electron chi connectivity index (χ2n) is 5.92. The molecule has 3 aromatic rings. The number of aromatic amines is 1.